The van der Waals surface area contributed by atoms with Gasteiger partial charge in [-0.1, -0.05) is 0 Å². The second kappa shape index (κ2) is 9.39. The summed E-state index contributed by atoms with van der Waals surface area (Å²) in [5, 5.41) is 25.3. The molecule has 0 saturated heterocycles. The summed E-state index contributed by atoms with van der Waals surface area (Å²) in [7, 11) is 0. The monoisotopic (exact) mass is 322 g/mol. The topological polar surface area (TPSA) is 111 Å². The third-order valence-corrected chi connectivity index (χ3v) is 2.79. The molecule has 1 N–H and O–H groups in total. The maximum atomic E-state index is 11.1. The molecule has 6 heteroatoms. The molecule has 6 nitrogen and oxygen atoms in total. The van der Waals surface area contributed by atoms with E-state index in [1.165, 1.54) is 24.3 Å². The Balaban J connectivity index is 0.000000243. The second-order valence-electron chi connectivity index (χ2n) is 4.40. The van der Waals surface area contributed by atoms with Crippen LogP contribution in [-0.2, 0) is 4.74 Å². The van der Waals surface area contributed by atoms with Crippen molar-refractivity contribution in [2.75, 3.05) is 6.61 Å². The number of benzene rings is 2. The number of esters is 1. The Morgan fingerprint density at radius 1 is 0.917 bits per heavy atom. The molecule has 0 bridgehead atoms. The molecule has 2 rings (SSSR count). The van der Waals surface area contributed by atoms with Gasteiger partial charge in [0.1, 0.15) is 0 Å². The Kier molecular flexibility index (Phi) is 7.20. The lowest BCUT2D eigenvalue weighted by Crippen LogP contribution is -2.03. The summed E-state index contributed by atoms with van der Waals surface area (Å²) >= 11 is 0. The molecule has 2 aromatic carbocycles. The van der Waals surface area contributed by atoms with E-state index in [4.69, 9.17) is 20.4 Å². The van der Waals surface area contributed by atoms with Crippen LogP contribution in [-0.4, -0.2) is 23.7 Å². The lowest BCUT2D eigenvalue weighted by molar-refractivity contribution is 0.0526. The number of hydrogen-bond donors (Lipinski definition) is 1. The number of nitriles is 2. The van der Waals surface area contributed by atoms with E-state index in [-0.39, 0.29) is 11.5 Å². The fourth-order valence-corrected chi connectivity index (χ4v) is 1.58. The maximum Gasteiger partial charge on any atom is 0.338 e. The van der Waals surface area contributed by atoms with E-state index in [2.05, 4.69) is 0 Å². The van der Waals surface area contributed by atoms with Gasteiger partial charge >= 0.3 is 11.9 Å². The number of carboxylic acids is 1. The van der Waals surface area contributed by atoms with Gasteiger partial charge in [-0.3, -0.25) is 0 Å². The SMILES string of the molecule is CCOC(=O)c1ccc(C#N)cc1.N#Cc1ccc(C(=O)O)cc1. The standard InChI is InChI=1S/C10H9NO2.C8H5NO2/c1-2-13-10(12)9-5-3-8(7-11)4-6-9;9-5-6-1-3-7(4-2-6)8(10)11/h3-6H,2H2,1H3;1-4H,(H,10,11). The van der Waals surface area contributed by atoms with Crippen LogP contribution < -0.4 is 0 Å². The van der Waals surface area contributed by atoms with Crippen molar-refractivity contribution in [2.45, 2.75) is 6.92 Å². The van der Waals surface area contributed by atoms with E-state index in [1.54, 1.807) is 31.2 Å². The lowest BCUT2D eigenvalue weighted by Gasteiger charge is -2.00. The smallest absolute Gasteiger partial charge is 0.338 e. The van der Waals surface area contributed by atoms with Gasteiger partial charge < -0.3 is 9.84 Å². The molecule has 120 valence electrons. The van der Waals surface area contributed by atoms with Crippen molar-refractivity contribution < 1.29 is 19.4 Å². The van der Waals surface area contributed by atoms with E-state index >= 15 is 0 Å². The van der Waals surface area contributed by atoms with Gasteiger partial charge in [-0.05, 0) is 55.5 Å². The lowest BCUT2D eigenvalue weighted by atomic mass is 10.1. The third kappa shape index (κ3) is 5.63. The summed E-state index contributed by atoms with van der Waals surface area (Å²) in [6.45, 7) is 2.11. The molecule has 0 spiro atoms. The van der Waals surface area contributed by atoms with Crippen molar-refractivity contribution in [1.29, 1.82) is 10.5 Å². The van der Waals surface area contributed by atoms with Crippen molar-refractivity contribution in [3.05, 3.63) is 70.8 Å². The molecule has 0 unspecified atom stereocenters. The van der Waals surface area contributed by atoms with E-state index in [0.717, 1.165) is 0 Å². The zero-order valence-corrected chi connectivity index (χ0v) is 12.9. The van der Waals surface area contributed by atoms with Crippen LogP contribution in [0.4, 0.5) is 0 Å². The molecule has 0 saturated carbocycles. The highest BCUT2D eigenvalue weighted by molar-refractivity contribution is 5.89. The van der Waals surface area contributed by atoms with Gasteiger partial charge in [-0.15, -0.1) is 0 Å². The van der Waals surface area contributed by atoms with Crippen molar-refractivity contribution in [3.63, 3.8) is 0 Å². The molecule has 0 amide bonds. The Hall–Kier alpha value is -3.64. The van der Waals surface area contributed by atoms with Gasteiger partial charge in [0.05, 0.1) is 41.0 Å². The number of ether oxygens (including phenoxy) is 1. The van der Waals surface area contributed by atoms with Gasteiger partial charge in [-0.2, -0.15) is 10.5 Å². The van der Waals surface area contributed by atoms with Crippen LogP contribution in [0.15, 0.2) is 48.5 Å². The first-order valence-electron chi connectivity index (χ1n) is 6.92. The minimum Gasteiger partial charge on any atom is -0.478 e. The highest BCUT2D eigenvalue weighted by Gasteiger charge is 2.04. The van der Waals surface area contributed by atoms with Crippen LogP contribution in [0.1, 0.15) is 38.8 Å². The summed E-state index contributed by atoms with van der Waals surface area (Å²) < 4.78 is 4.78. The molecule has 0 atom stereocenters. The van der Waals surface area contributed by atoms with Crippen molar-refractivity contribution in [3.8, 4) is 12.1 Å². The first-order chi connectivity index (χ1) is 11.5. The van der Waals surface area contributed by atoms with E-state index in [0.29, 0.717) is 23.3 Å². The Bertz CT molecular complexity index is 782. The molecule has 0 heterocycles. The number of carboxylic acid groups (broad SMARTS) is 1. The van der Waals surface area contributed by atoms with Crippen LogP contribution in [0.25, 0.3) is 0 Å². The van der Waals surface area contributed by atoms with Crippen molar-refractivity contribution in [1.82, 2.24) is 0 Å². The zero-order valence-electron chi connectivity index (χ0n) is 12.9. The number of carbonyl (C=O) groups is 2. The second-order valence-corrected chi connectivity index (χ2v) is 4.40. The van der Waals surface area contributed by atoms with E-state index in [1.807, 2.05) is 12.1 Å². The van der Waals surface area contributed by atoms with Gasteiger partial charge in [0, 0.05) is 0 Å². The number of nitrogens with zero attached hydrogens (tertiary/aromatic N) is 2. The fraction of sp³-hybridized carbons (Fsp3) is 0.111. The zero-order chi connectivity index (χ0) is 17.9. The van der Waals surface area contributed by atoms with E-state index < -0.39 is 5.97 Å². The van der Waals surface area contributed by atoms with Crippen LogP contribution in [0.2, 0.25) is 0 Å². The average Bonchev–Trinajstić information content (AvgIpc) is 2.62. The minimum atomic E-state index is -0.977. The van der Waals surface area contributed by atoms with Gasteiger partial charge in [0.25, 0.3) is 0 Å². The Morgan fingerprint density at radius 3 is 1.67 bits per heavy atom. The van der Waals surface area contributed by atoms with Gasteiger partial charge in [0.2, 0.25) is 0 Å². The quantitative estimate of drug-likeness (QED) is 0.869. The molecular weight excluding hydrogens is 308 g/mol. The average molecular weight is 322 g/mol. The Morgan fingerprint density at radius 2 is 1.33 bits per heavy atom. The summed E-state index contributed by atoms with van der Waals surface area (Å²) in [5.74, 6) is -1.33. The molecular formula is C18H14N2O4. The highest BCUT2D eigenvalue weighted by atomic mass is 16.5. The number of carbonyl (C=O) groups excluding carboxylic acids is 1. The molecule has 0 fully saturated rings. The van der Waals surface area contributed by atoms with Crippen molar-refractivity contribution in [2.24, 2.45) is 0 Å². The predicted molar refractivity (Wildman–Crippen MR) is 85.2 cm³/mol. The first-order valence-corrected chi connectivity index (χ1v) is 6.92. The number of rotatable bonds is 3. The normalized spacial score (nSPS) is 8.79. The Labute approximate surface area is 139 Å². The molecule has 0 aliphatic heterocycles. The molecule has 0 aliphatic carbocycles. The molecule has 0 aliphatic rings. The summed E-state index contributed by atoms with van der Waals surface area (Å²) in [6.07, 6.45) is 0. The largest absolute Gasteiger partial charge is 0.478 e. The predicted octanol–water partition coefficient (Wildman–Crippen LogP) is 2.99. The highest BCUT2D eigenvalue weighted by Crippen LogP contribution is 2.04. The van der Waals surface area contributed by atoms with Gasteiger partial charge in [0.15, 0.2) is 0 Å². The number of aromatic carboxylic acids is 1. The molecule has 2 aromatic rings. The third-order valence-electron chi connectivity index (χ3n) is 2.79. The van der Waals surface area contributed by atoms with Crippen LogP contribution in [0.3, 0.4) is 0 Å². The van der Waals surface area contributed by atoms with Crippen LogP contribution >= 0.6 is 0 Å². The van der Waals surface area contributed by atoms with Crippen LogP contribution in [0, 0.1) is 22.7 Å². The van der Waals surface area contributed by atoms with Gasteiger partial charge in [-0.25, -0.2) is 9.59 Å². The minimum absolute atomic E-state index is 0.198. The van der Waals surface area contributed by atoms with Crippen LogP contribution in [0.5, 0.6) is 0 Å². The molecule has 0 radical (unpaired) electrons. The first kappa shape index (κ1) is 18.4. The summed E-state index contributed by atoms with van der Waals surface area (Å²) in [6, 6.07) is 16.0. The van der Waals surface area contributed by atoms with Crippen molar-refractivity contribution >= 4 is 11.9 Å². The molecule has 24 heavy (non-hydrogen) atoms. The van der Waals surface area contributed by atoms with E-state index in [9.17, 15) is 9.59 Å². The number of hydrogen-bond acceptors (Lipinski definition) is 5. The maximum absolute atomic E-state index is 11.1. The summed E-state index contributed by atoms with van der Waals surface area (Å²) in [5.41, 5.74) is 1.67. The fourth-order valence-electron chi connectivity index (χ4n) is 1.58. The summed E-state index contributed by atoms with van der Waals surface area (Å²) in [4.78, 5) is 21.5. The molecule has 0 aromatic heterocycles.